The fourth-order valence-corrected chi connectivity index (χ4v) is 3.65. The quantitative estimate of drug-likeness (QED) is 0.886. The van der Waals surface area contributed by atoms with E-state index < -0.39 is 12.1 Å². The molecule has 24 heavy (non-hydrogen) atoms. The Hall–Kier alpha value is -1.88. The van der Waals surface area contributed by atoms with Crippen LogP contribution >= 0.6 is 0 Å². The number of hydrogen-bond donors (Lipinski definition) is 2. The first-order valence-corrected chi connectivity index (χ1v) is 8.88. The number of amides is 2. The number of likely N-dealkylation sites (tertiary alicyclic amines) is 1. The number of benzene rings is 1. The molecule has 5 heteroatoms. The molecule has 0 bridgehead atoms. The van der Waals surface area contributed by atoms with Crippen LogP contribution in [0.3, 0.4) is 0 Å². The van der Waals surface area contributed by atoms with Gasteiger partial charge in [0.15, 0.2) is 0 Å². The largest absolute Gasteiger partial charge is 0.391 e. The summed E-state index contributed by atoms with van der Waals surface area (Å²) >= 11 is 0. The maximum absolute atomic E-state index is 12.6. The molecule has 2 aliphatic rings. The van der Waals surface area contributed by atoms with Gasteiger partial charge < -0.3 is 15.3 Å². The van der Waals surface area contributed by atoms with Crippen molar-refractivity contribution in [2.45, 2.75) is 70.2 Å². The Morgan fingerprint density at radius 2 is 1.92 bits per heavy atom. The molecule has 5 nitrogen and oxygen atoms in total. The molecule has 130 valence electrons. The predicted molar refractivity (Wildman–Crippen MR) is 91.2 cm³/mol. The highest BCUT2D eigenvalue weighted by molar-refractivity contribution is 5.91. The van der Waals surface area contributed by atoms with E-state index in [0.717, 1.165) is 31.2 Å². The summed E-state index contributed by atoms with van der Waals surface area (Å²) in [6, 6.07) is 7.44. The molecule has 0 aromatic heterocycles. The average Bonchev–Trinajstić information content (AvgIpc) is 2.93. The lowest BCUT2D eigenvalue weighted by atomic mass is 9.92. The Kier molecular flexibility index (Phi) is 5.19. The topological polar surface area (TPSA) is 69.6 Å². The Balaban J connectivity index is 1.65. The molecule has 2 amide bonds. The second kappa shape index (κ2) is 7.34. The van der Waals surface area contributed by atoms with Crippen LogP contribution in [0.15, 0.2) is 24.3 Å². The van der Waals surface area contributed by atoms with E-state index in [1.165, 1.54) is 5.56 Å². The van der Waals surface area contributed by atoms with Gasteiger partial charge in [-0.1, -0.05) is 42.7 Å². The highest BCUT2D eigenvalue weighted by atomic mass is 16.3. The number of nitrogens with zero attached hydrogens (tertiary/aromatic N) is 1. The SMILES string of the molecule is Cc1ccc(CN2C(=O)CCC2C(=O)NC2CCCCC2O)cc1. The van der Waals surface area contributed by atoms with E-state index >= 15 is 0 Å². The third-order valence-corrected chi connectivity index (χ3v) is 5.16. The summed E-state index contributed by atoms with van der Waals surface area (Å²) in [4.78, 5) is 26.5. The van der Waals surface area contributed by atoms with Gasteiger partial charge in [-0.2, -0.15) is 0 Å². The van der Waals surface area contributed by atoms with E-state index in [9.17, 15) is 14.7 Å². The predicted octanol–water partition coefficient (Wildman–Crippen LogP) is 1.91. The maximum atomic E-state index is 12.6. The number of carbonyl (C=O) groups excluding carboxylic acids is 2. The molecule has 1 saturated heterocycles. The second-order valence-corrected chi connectivity index (χ2v) is 7.03. The Labute approximate surface area is 143 Å². The van der Waals surface area contributed by atoms with Crippen LogP contribution in [0.2, 0.25) is 0 Å². The summed E-state index contributed by atoms with van der Waals surface area (Å²) in [7, 11) is 0. The standard InChI is InChI=1S/C19H26N2O3/c1-13-6-8-14(9-7-13)12-21-16(10-11-18(21)23)19(24)20-15-4-2-3-5-17(15)22/h6-9,15-17,22H,2-5,10-12H2,1H3,(H,20,24). The van der Waals surface area contributed by atoms with Crippen LogP contribution in [0.5, 0.6) is 0 Å². The lowest BCUT2D eigenvalue weighted by Gasteiger charge is -2.31. The Morgan fingerprint density at radius 1 is 1.21 bits per heavy atom. The fraction of sp³-hybridized carbons (Fsp3) is 0.579. The van der Waals surface area contributed by atoms with Crippen molar-refractivity contribution < 1.29 is 14.7 Å². The van der Waals surface area contributed by atoms with Gasteiger partial charge >= 0.3 is 0 Å². The van der Waals surface area contributed by atoms with Crippen LogP contribution in [0.1, 0.15) is 49.7 Å². The number of aliphatic hydroxyl groups is 1. The van der Waals surface area contributed by atoms with Crippen LogP contribution < -0.4 is 5.32 Å². The number of aliphatic hydroxyl groups excluding tert-OH is 1. The van der Waals surface area contributed by atoms with Crippen LogP contribution in [-0.2, 0) is 16.1 Å². The minimum absolute atomic E-state index is 0.0277. The molecular weight excluding hydrogens is 304 g/mol. The van der Waals surface area contributed by atoms with E-state index in [1.54, 1.807) is 4.90 Å². The monoisotopic (exact) mass is 330 g/mol. The van der Waals surface area contributed by atoms with Gasteiger partial charge in [-0.15, -0.1) is 0 Å². The van der Waals surface area contributed by atoms with Gasteiger partial charge in [0.1, 0.15) is 6.04 Å². The lowest BCUT2D eigenvalue weighted by molar-refractivity contribution is -0.136. The number of hydrogen-bond acceptors (Lipinski definition) is 3. The van der Waals surface area contributed by atoms with Crippen LogP contribution in [0.25, 0.3) is 0 Å². The zero-order valence-electron chi connectivity index (χ0n) is 14.2. The van der Waals surface area contributed by atoms with Crippen molar-refractivity contribution in [3.8, 4) is 0 Å². The lowest BCUT2D eigenvalue weighted by Crippen LogP contribution is -2.51. The molecular formula is C19H26N2O3. The fourth-order valence-electron chi connectivity index (χ4n) is 3.65. The van der Waals surface area contributed by atoms with Crippen molar-refractivity contribution in [3.05, 3.63) is 35.4 Å². The molecule has 1 aliphatic carbocycles. The van der Waals surface area contributed by atoms with E-state index in [1.807, 2.05) is 31.2 Å². The molecule has 1 aromatic carbocycles. The highest BCUT2D eigenvalue weighted by Gasteiger charge is 2.37. The number of rotatable bonds is 4. The van der Waals surface area contributed by atoms with Crippen molar-refractivity contribution in [2.75, 3.05) is 0 Å². The van der Waals surface area contributed by atoms with Crippen LogP contribution in [0.4, 0.5) is 0 Å². The van der Waals surface area contributed by atoms with E-state index in [4.69, 9.17) is 0 Å². The second-order valence-electron chi connectivity index (χ2n) is 7.03. The minimum atomic E-state index is -0.467. The minimum Gasteiger partial charge on any atom is -0.391 e. The molecule has 1 aliphatic heterocycles. The molecule has 3 unspecified atom stereocenters. The molecule has 2 fully saturated rings. The van der Waals surface area contributed by atoms with Crippen molar-refractivity contribution in [1.29, 1.82) is 0 Å². The van der Waals surface area contributed by atoms with E-state index in [-0.39, 0.29) is 17.9 Å². The van der Waals surface area contributed by atoms with Gasteiger partial charge in [-0.05, 0) is 31.7 Å². The molecule has 3 atom stereocenters. The first-order valence-electron chi connectivity index (χ1n) is 8.88. The molecule has 2 N–H and O–H groups in total. The molecule has 1 saturated carbocycles. The molecule has 1 aromatic rings. The first kappa shape index (κ1) is 17.0. The van der Waals surface area contributed by atoms with Crippen LogP contribution in [-0.4, -0.2) is 40.0 Å². The van der Waals surface area contributed by atoms with Crippen molar-refractivity contribution in [2.24, 2.45) is 0 Å². The van der Waals surface area contributed by atoms with E-state index in [0.29, 0.717) is 19.4 Å². The summed E-state index contributed by atoms with van der Waals surface area (Å²) in [6.45, 7) is 2.49. The van der Waals surface area contributed by atoms with Gasteiger partial charge in [0, 0.05) is 13.0 Å². The van der Waals surface area contributed by atoms with E-state index in [2.05, 4.69) is 5.32 Å². The Bertz CT molecular complexity index is 599. The van der Waals surface area contributed by atoms with Crippen LogP contribution in [0, 0.1) is 6.92 Å². The van der Waals surface area contributed by atoms with Crippen molar-refractivity contribution >= 4 is 11.8 Å². The number of nitrogens with one attached hydrogen (secondary N) is 1. The maximum Gasteiger partial charge on any atom is 0.243 e. The number of carbonyl (C=O) groups is 2. The highest BCUT2D eigenvalue weighted by Crippen LogP contribution is 2.24. The summed E-state index contributed by atoms with van der Waals surface area (Å²) < 4.78 is 0. The normalized spacial score (nSPS) is 27.3. The van der Waals surface area contributed by atoms with Gasteiger partial charge in [0.05, 0.1) is 12.1 Å². The zero-order chi connectivity index (χ0) is 17.1. The Morgan fingerprint density at radius 3 is 2.62 bits per heavy atom. The third kappa shape index (κ3) is 3.78. The smallest absolute Gasteiger partial charge is 0.243 e. The van der Waals surface area contributed by atoms with Crippen molar-refractivity contribution in [1.82, 2.24) is 10.2 Å². The summed E-state index contributed by atoms with van der Waals surface area (Å²) in [5.41, 5.74) is 2.21. The van der Waals surface area contributed by atoms with Gasteiger partial charge in [-0.3, -0.25) is 9.59 Å². The molecule has 0 radical (unpaired) electrons. The average molecular weight is 330 g/mol. The summed E-state index contributed by atoms with van der Waals surface area (Å²) in [6.07, 6.45) is 4.09. The van der Waals surface area contributed by atoms with Gasteiger partial charge in [0.25, 0.3) is 0 Å². The molecule has 1 heterocycles. The summed E-state index contributed by atoms with van der Waals surface area (Å²) in [5, 5.41) is 13.0. The molecule has 3 rings (SSSR count). The first-order chi connectivity index (χ1) is 11.5. The van der Waals surface area contributed by atoms with Gasteiger partial charge in [-0.25, -0.2) is 0 Å². The third-order valence-electron chi connectivity index (χ3n) is 5.16. The zero-order valence-corrected chi connectivity index (χ0v) is 14.2. The molecule has 0 spiro atoms. The summed E-state index contributed by atoms with van der Waals surface area (Å²) in [5.74, 6) is -0.0983. The van der Waals surface area contributed by atoms with Crippen molar-refractivity contribution in [3.63, 3.8) is 0 Å². The number of aryl methyl sites for hydroxylation is 1. The van der Waals surface area contributed by atoms with Gasteiger partial charge in [0.2, 0.25) is 11.8 Å².